The average Bonchev–Trinajstić information content (AvgIpc) is 2.65. The second kappa shape index (κ2) is 7.99. The number of hydrogen-bond acceptors (Lipinski definition) is 3. The Hall–Kier alpha value is -1.56. The molecule has 1 unspecified atom stereocenters. The Bertz CT molecular complexity index is 896. The molecule has 0 saturated heterocycles. The molecule has 0 saturated carbocycles. The fourth-order valence-electron chi connectivity index (χ4n) is 3.47. The van der Waals surface area contributed by atoms with Crippen LogP contribution in [0.4, 0.5) is 0 Å². The number of aryl methyl sites for hydroxylation is 2. The first-order chi connectivity index (χ1) is 12.4. The molecule has 26 heavy (non-hydrogen) atoms. The molecular formula is C20H24ClNO3S. The number of sulfonamides is 1. The fraction of sp³-hybridized carbons (Fsp3) is 0.400. The Labute approximate surface area is 160 Å². The van der Waals surface area contributed by atoms with E-state index < -0.39 is 10.0 Å². The SMILES string of the molecule is CCC(NS(=O)(=O)c1cc(Cl)ccc1OC)c1ccc2c(c1)CCCC2. The molecule has 0 aliphatic heterocycles. The van der Waals surface area contributed by atoms with Gasteiger partial charge in [-0.1, -0.05) is 36.7 Å². The van der Waals surface area contributed by atoms with Crippen LogP contribution in [0.25, 0.3) is 0 Å². The molecule has 1 aliphatic rings. The summed E-state index contributed by atoms with van der Waals surface area (Å²) in [6.45, 7) is 1.97. The highest BCUT2D eigenvalue weighted by atomic mass is 35.5. The van der Waals surface area contributed by atoms with E-state index in [2.05, 4.69) is 16.9 Å². The largest absolute Gasteiger partial charge is 0.495 e. The first kappa shape index (κ1) is 19.2. The number of halogens is 1. The highest BCUT2D eigenvalue weighted by molar-refractivity contribution is 7.89. The van der Waals surface area contributed by atoms with Crippen molar-refractivity contribution in [2.24, 2.45) is 0 Å². The maximum atomic E-state index is 12.9. The van der Waals surface area contributed by atoms with Gasteiger partial charge in [-0.05, 0) is 67.0 Å². The van der Waals surface area contributed by atoms with Crippen molar-refractivity contribution in [1.82, 2.24) is 4.72 Å². The van der Waals surface area contributed by atoms with Gasteiger partial charge in [0.1, 0.15) is 10.6 Å². The van der Waals surface area contributed by atoms with E-state index in [0.717, 1.165) is 18.4 Å². The van der Waals surface area contributed by atoms with E-state index in [1.54, 1.807) is 12.1 Å². The zero-order valence-electron chi connectivity index (χ0n) is 15.1. The molecule has 2 aromatic carbocycles. The van der Waals surface area contributed by atoms with Crippen LogP contribution < -0.4 is 9.46 Å². The van der Waals surface area contributed by atoms with E-state index in [-0.39, 0.29) is 16.7 Å². The van der Waals surface area contributed by atoms with Crippen LogP contribution >= 0.6 is 11.6 Å². The van der Waals surface area contributed by atoms with E-state index in [1.165, 1.54) is 37.1 Å². The average molecular weight is 394 g/mol. The van der Waals surface area contributed by atoms with Gasteiger partial charge in [0, 0.05) is 11.1 Å². The molecule has 3 rings (SSSR count). The van der Waals surface area contributed by atoms with E-state index >= 15 is 0 Å². The summed E-state index contributed by atoms with van der Waals surface area (Å²) >= 11 is 6.00. The van der Waals surface area contributed by atoms with E-state index in [4.69, 9.17) is 16.3 Å². The molecule has 0 radical (unpaired) electrons. The van der Waals surface area contributed by atoms with Crippen molar-refractivity contribution < 1.29 is 13.2 Å². The Morgan fingerprint density at radius 2 is 1.85 bits per heavy atom. The van der Waals surface area contributed by atoms with Crippen LogP contribution in [0.3, 0.4) is 0 Å². The second-order valence-electron chi connectivity index (χ2n) is 6.61. The molecule has 140 valence electrons. The zero-order chi connectivity index (χ0) is 18.7. The lowest BCUT2D eigenvalue weighted by Crippen LogP contribution is -2.29. The molecular weight excluding hydrogens is 370 g/mol. The van der Waals surface area contributed by atoms with Crippen LogP contribution in [0, 0.1) is 0 Å². The van der Waals surface area contributed by atoms with Crippen LogP contribution in [0.1, 0.15) is 48.9 Å². The third kappa shape index (κ3) is 4.05. The van der Waals surface area contributed by atoms with Crippen LogP contribution in [0.2, 0.25) is 5.02 Å². The first-order valence-corrected chi connectivity index (χ1v) is 10.8. The molecule has 1 atom stereocenters. The summed E-state index contributed by atoms with van der Waals surface area (Å²) in [6, 6.07) is 10.6. The Kier molecular flexibility index (Phi) is 5.90. The van der Waals surface area contributed by atoms with Crippen molar-refractivity contribution in [3.63, 3.8) is 0 Å². The van der Waals surface area contributed by atoms with E-state index in [9.17, 15) is 8.42 Å². The lowest BCUT2D eigenvalue weighted by Gasteiger charge is -2.22. The molecule has 1 N–H and O–H groups in total. The van der Waals surface area contributed by atoms with Crippen LogP contribution in [0.5, 0.6) is 5.75 Å². The topological polar surface area (TPSA) is 55.4 Å². The van der Waals surface area contributed by atoms with Crippen LogP contribution in [0.15, 0.2) is 41.3 Å². The molecule has 0 heterocycles. The number of fused-ring (bicyclic) bond motifs is 1. The molecule has 0 fully saturated rings. The minimum atomic E-state index is -3.77. The Morgan fingerprint density at radius 1 is 1.12 bits per heavy atom. The third-order valence-electron chi connectivity index (χ3n) is 4.90. The highest BCUT2D eigenvalue weighted by Gasteiger charge is 2.25. The summed E-state index contributed by atoms with van der Waals surface area (Å²) in [5, 5.41) is 0.355. The normalized spacial score (nSPS) is 15.3. The standard InChI is InChI=1S/C20H24ClNO3S/c1-3-18(16-9-8-14-6-4-5-7-15(14)12-16)22-26(23,24)20-13-17(21)10-11-19(20)25-2/h8-13,18,22H,3-7H2,1-2H3. The third-order valence-corrected chi connectivity index (χ3v) is 6.62. The Balaban J connectivity index is 1.91. The maximum Gasteiger partial charge on any atom is 0.244 e. The van der Waals surface area contributed by atoms with Crippen molar-refractivity contribution in [2.75, 3.05) is 7.11 Å². The van der Waals surface area contributed by atoms with Gasteiger partial charge in [-0.3, -0.25) is 0 Å². The zero-order valence-corrected chi connectivity index (χ0v) is 16.7. The summed E-state index contributed by atoms with van der Waals surface area (Å²) in [4.78, 5) is 0.0592. The summed E-state index contributed by atoms with van der Waals surface area (Å²) in [5.74, 6) is 0.280. The van der Waals surface area contributed by atoms with Gasteiger partial charge in [-0.2, -0.15) is 0 Å². The minimum Gasteiger partial charge on any atom is -0.495 e. The molecule has 6 heteroatoms. The predicted molar refractivity (Wildman–Crippen MR) is 104 cm³/mol. The van der Waals surface area contributed by atoms with Crippen molar-refractivity contribution in [2.45, 2.75) is 50.0 Å². The smallest absolute Gasteiger partial charge is 0.244 e. The van der Waals surface area contributed by atoms with Crippen molar-refractivity contribution in [1.29, 1.82) is 0 Å². The van der Waals surface area contributed by atoms with Crippen molar-refractivity contribution in [3.8, 4) is 5.75 Å². The highest BCUT2D eigenvalue weighted by Crippen LogP contribution is 2.30. The van der Waals surface area contributed by atoms with Crippen molar-refractivity contribution >= 4 is 21.6 Å². The number of benzene rings is 2. The van der Waals surface area contributed by atoms with Crippen LogP contribution in [-0.4, -0.2) is 15.5 Å². The minimum absolute atomic E-state index is 0.0592. The van der Waals surface area contributed by atoms with Crippen LogP contribution in [-0.2, 0) is 22.9 Å². The molecule has 0 amide bonds. The van der Waals surface area contributed by atoms with Gasteiger partial charge in [-0.15, -0.1) is 0 Å². The number of rotatable bonds is 6. The molecule has 2 aromatic rings. The first-order valence-electron chi connectivity index (χ1n) is 8.92. The van der Waals surface area contributed by atoms with Gasteiger partial charge < -0.3 is 4.74 Å². The summed E-state index contributed by atoms with van der Waals surface area (Å²) < 4.78 is 33.9. The molecule has 4 nitrogen and oxygen atoms in total. The lowest BCUT2D eigenvalue weighted by atomic mass is 9.89. The van der Waals surface area contributed by atoms with E-state index in [0.29, 0.717) is 11.4 Å². The number of methoxy groups -OCH3 is 1. The quantitative estimate of drug-likeness (QED) is 0.776. The predicted octanol–water partition coefficient (Wildman–Crippen LogP) is 4.66. The lowest BCUT2D eigenvalue weighted by molar-refractivity contribution is 0.402. The van der Waals surface area contributed by atoms with Crippen molar-refractivity contribution in [3.05, 3.63) is 58.1 Å². The van der Waals surface area contributed by atoms with Gasteiger partial charge in [-0.25, -0.2) is 13.1 Å². The molecule has 0 aromatic heterocycles. The molecule has 0 bridgehead atoms. The second-order valence-corrected chi connectivity index (χ2v) is 8.73. The summed E-state index contributed by atoms with van der Waals surface area (Å²) in [5.41, 5.74) is 3.72. The fourth-order valence-corrected chi connectivity index (χ4v) is 5.21. The van der Waals surface area contributed by atoms with Gasteiger partial charge in [0.15, 0.2) is 0 Å². The van der Waals surface area contributed by atoms with E-state index in [1.807, 2.05) is 13.0 Å². The molecule has 0 spiro atoms. The summed E-state index contributed by atoms with van der Waals surface area (Å²) in [6.07, 6.45) is 5.25. The summed E-state index contributed by atoms with van der Waals surface area (Å²) in [7, 11) is -2.32. The monoisotopic (exact) mass is 393 g/mol. The van der Waals surface area contributed by atoms with Gasteiger partial charge >= 0.3 is 0 Å². The molecule has 1 aliphatic carbocycles. The van der Waals surface area contributed by atoms with Gasteiger partial charge in [0.2, 0.25) is 10.0 Å². The maximum absolute atomic E-state index is 12.9. The van der Waals surface area contributed by atoms with Gasteiger partial charge in [0.05, 0.1) is 7.11 Å². The van der Waals surface area contributed by atoms with Gasteiger partial charge in [0.25, 0.3) is 0 Å². The Morgan fingerprint density at radius 3 is 2.54 bits per heavy atom. The number of hydrogen-bond donors (Lipinski definition) is 1. The number of ether oxygens (including phenoxy) is 1. The number of nitrogens with one attached hydrogen (secondary N) is 1.